The van der Waals surface area contributed by atoms with E-state index in [-0.39, 0.29) is 22.1 Å². The first-order chi connectivity index (χ1) is 9.49. The normalized spacial score (nSPS) is 10.1. The van der Waals surface area contributed by atoms with E-state index in [1.165, 1.54) is 18.3 Å². The number of nitrogens with zero attached hydrogens (tertiary/aromatic N) is 1. The zero-order valence-corrected chi connectivity index (χ0v) is 11.5. The molecular weight excluding hydrogens is 277 g/mol. The monoisotopic (exact) mass is 289 g/mol. The Morgan fingerprint density at radius 1 is 1.40 bits per heavy atom. The summed E-state index contributed by atoms with van der Waals surface area (Å²) in [5.74, 6) is -0.945. The van der Waals surface area contributed by atoms with Gasteiger partial charge in [0.2, 0.25) is 0 Å². The smallest absolute Gasteiger partial charge is 0.255 e. The van der Waals surface area contributed by atoms with Crippen molar-refractivity contribution in [3.63, 3.8) is 0 Å². The Kier molecular flexibility index (Phi) is 4.05. The Morgan fingerprint density at radius 3 is 2.80 bits per heavy atom. The second-order valence-electron chi connectivity index (χ2n) is 4.17. The van der Waals surface area contributed by atoms with Gasteiger partial charge in [-0.25, -0.2) is 4.39 Å². The fraction of sp³-hybridized carbons (Fsp3) is 0.0714. The van der Waals surface area contributed by atoms with Gasteiger partial charge in [-0.05, 0) is 31.2 Å². The Labute approximate surface area is 120 Å². The fourth-order valence-corrected chi connectivity index (χ4v) is 1.97. The summed E-state index contributed by atoms with van der Waals surface area (Å²) in [5.41, 5.74) is 6.90. The number of pyridine rings is 1. The van der Waals surface area contributed by atoms with Crippen LogP contribution in [0.3, 0.4) is 0 Å². The van der Waals surface area contributed by atoms with Crippen LogP contribution in [-0.4, -0.2) is 15.9 Å². The van der Waals surface area contributed by atoms with E-state index in [0.717, 1.165) is 0 Å². The Bertz CT molecular complexity index is 688. The van der Waals surface area contributed by atoms with Crippen LogP contribution >= 0.6 is 12.2 Å². The number of carbonyl (C=O) groups excluding carboxylic acids is 1. The van der Waals surface area contributed by atoms with Crippen LogP contribution in [-0.2, 0) is 0 Å². The van der Waals surface area contributed by atoms with Gasteiger partial charge in [0.25, 0.3) is 5.91 Å². The summed E-state index contributed by atoms with van der Waals surface area (Å²) in [7, 11) is 0. The molecule has 1 heterocycles. The van der Waals surface area contributed by atoms with Crippen LogP contribution in [0, 0.1) is 12.7 Å². The minimum atomic E-state index is -0.568. The summed E-state index contributed by atoms with van der Waals surface area (Å²) < 4.78 is 13.7. The Balaban J connectivity index is 2.33. The third-order valence-corrected chi connectivity index (χ3v) is 2.87. The number of hydrogen-bond acceptors (Lipinski definition) is 3. The molecule has 6 heteroatoms. The van der Waals surface area contributed by atoms with Gasteiger partial charge in [0, 0.05) is 17.5 Å². The highest BCUT2D eigenvalue weighted by Gasteiger charge is 2.14. The number of carbonyl (C=O) groups is 1. The van der Waals surface area contributed by atoms with Crippen LogP contribution in [0.5, 0.6) is 0 Å². The molecule has 2 aromatic rings. The zero-order chi connectivity index (χ0) is 14.7. The second-order valence-corrected chi connectivity index (χ2v) is 4.61. The second kappa shape index (κ2) is 5.75. The molecule has 0 saturated heterocycles. The van der Waals surface area contributed by atoms with Gasteiger partial charge in [0.1, 0.15) is 10.8 Å². The van der Waals surface area contributed by atoms with Crippen molar-refractivity contribution in [2.75, 3.05) is 5.32 Å². The van der Waals surface area contributed by atoms with Gasteiger partial charge in [0.15, 0.2) is 0 Å². The van der Waals surface area contributed by atoms with Crippen LogP contribution in [0.25, 0.3) is 0 Å². The lowest BCUT2D eigenvalue weighted by Crippen LogP contribution is -2.19. The SMILES string of the molecule is Cc1cc(C(=O)Nc2cccc(F)c2C(N)=S)ccn1. The molecule has 0 aliphatic heterocycles. The lowest BCUT2D eigenvalue weighted by molar-refractivity contribution is 0.102. The van der Waals surface area contributed by atoms with Crippen molar-refractivity contribution in [2.45, 2.75) is 6.92 Å². The number of hydrogen-bond donors (Lipinski definition) is 2. The van der Waals surface area contributed by atoms with Crippen LogP contribution in [0.15, 0.2) is 36.5 Å². The van der Waals surface area contributed by atoms with Gasteiger partial charge in [-0.15, -0.1) is 0 Å². The molecular formula is C14H12FN3OS. The molecule has 4 nitrogen and oxygen atoms in total. The van der Waals surface area contributed by atoms with Crippen LogP contribution in [0.1, 0.15) is 21.6 Å². The maximum absolute atomic E-state index is 13.7. The molecule has 0 saturated carbocycles. The predicted octanol–water partition coefficient (Wildman–Crippen LogP) is 2.42. The van der Waals surface area contributed by atoms with Gasteiger partial charge in [-0.1, -0.05) is 18.3 Å². The van der Waals surface area contributed by atoms with Crippen molar-refractivity contribution in [3.05, 3.63) is 59.2 Å². The third-order valence-electron chi connectivity index (χ3n) is 2.67. The van der Waals surface area contributed by atoms with Gasteiger partial charge in [-0.2, -0.15) is 0 Å². The summed E-state index contributed by atoms with van der Waals surface area (Å²) in [6.45, 7) is 1.78. The number of anilines is 1. The highest BCUT2D eigenvalue weighted by atomic mass is 32.1. The Morgan fingerprint density at radius 2 is 2.15 bits per heavy atom. The Hall–Kier alpha value is -2.34. The molecule has 1 aromatic heterocycles. The summed E-state index contributed by atoms with van der Waals surface area (Å²) in [5, 5.41) is 2.60. The lowest BCUT2D eigenvalue weighted by Gasteiger charge is -2.11. The van der Waals surface area contributed by atoms with Crippen molar-refractivity contribution < 1.29 is 9.18 Å². The van der Waals surface area contributed by atoms with Gasteiger partial charge in [-0.3, -0.25) is 9.78 Å². The number of thiocarbonyl (C=S) groups is 1. The first-order valence-electron chi connectivity index (χ1n) is 5.81. The van der Waals surface area contributed by atoms with E-state index < -0.39 is 5.82 Å². The summed E-state index contributed by atoms with van der Waals surface area (Å²) in [6, 6.07) is 7.46. The number of amides is 1. The molecule has 0 spiro atoms. The van der Waals surface area contributed by atoms with Crippen LogP contribution < -0.4 is 11.1 Å². The molecule has 0 aliphatic rings. The number of nitrogens with one attached hydrogen (secondary N) is 1. The van der Waals surface area contributed by atoms with E-state index in [1.54, 1.807) is 25.1 Å². The molecule has 0 fully saturated rings. The molecule has 1 amide bonds. The standard InChI is InChI=1S/C14H12FN3OS/c1-8-7-9(5-6-17-8)14(19)18-11-4-2-3-10(15)12(11)13(16)20/h2-7H,1H3,(H2,16,20)(H,18,19). The van der Waals surface area contributed by atoms with E-state index >= 15 is 0 Å². The highest BCUT2D eigenvalue weighted by molar-refractivity contribution is 7.80. The average Bonchev–Trinajstić information content (AvgIpc) is 2.38. The number of nitrogens with two attached hydrogens (primary N) is 1. The number of rotatable bonds is 3. The van der Waals surface area contributed by atoms with E-state index in [4.69, 9.17) is 18.0 Å². The number of aromatic nitrogens is 1. The van der Waals surface area contributed by atoms with Crippen LogP contribution in [0.4, 0.5) is 10.1 Å². The minimum absolute atomic E-state index is 0.0293. The minimum Gasteiger partial charge on any atom is -0.389 e. The quantitative estimate of drug-likeness (QED) is 0.852. The predicted molar refractivity (Wildman–Crippen MR) is 79.2 cm³/mol. The molecule has 102 valence electrons. The third kappa shape index (κ3) is 2.97. The van der Waals surface area contributed by atoms with E-state index in [0.29, 0.717) is 11.3 Å². The summed E-state index contributed by atoms with van der Waals surface area (Å²) in [6.07, 6.45) is 1.53. The van der Waals surface area contributed by atoms with E-state index in [9.17, 15) is 9.18 Å². The topological polar surface area (TPSA) is 68.0 Å². The summed E-state index contributed by atoms with van der Waals surface area (Å²) >= 11 is 4.80. The zero-order valence-electron chi connectivity index (χ0n) is 10.7. The first-order valence-corrected chi connectivity index (χ1v) is 6.22. The molecule has 0 unspecified atom stereocenters. The molecule has 3 N–H and O–H groups in total. The molecule has 0 atom stereocenters. The lowest BCUT2D eigenvalue weighted by atomic mass is 10.1. The molecule has 0 bridgehead atoms. The van der Waals surface area contributed by atoms with Gasteiger partial charge < -0.3 is 11.1 Å². The molecule has 0 radical (unpaired) electrons. The van der Waals surface area contributed by atoms with Crippen molar-refractivity contribution in [2.24, 2.45) is 5.73 Å². The van der Waals surface area contributed by atoms with Crippen molar-refractivity contribution in [1.82, 2.24) is 4.98 Å². The average molecular weight is 289 g/mol. The highest BCUT2D eigenvalue weighted by Crippen LogP contribution is 2.19. The number of aryl methyl sites for hydroxylation is 1. The number of benzene rings is 1. The largest absolute Gasteiger partial charge is 0.389 e. The van der Waals surface area contributed by atoms with Gasteiger partial charge >= 0.3 is 0 Å². The first kappa shape index (κ1) is 14.1. The molecule has 20 heavy (non-hydrogen) atoms. The van der Waals surface area contributed by atoms with Crippen molar-refractivity contribution in [1.29, 1.82) is 0 Å². The van der Waals surface area contributed by atoms with Crippen molar-refractivity contribution >= 4 is 28.8 Å². The molecule has 1 aromatic carbocycles. The summed E-state index contributed by atoms with van der Waals surface area (Å²) in [4.78, 5) is 16.0. The van der Waals surface area contributed by atoms with Crippen LogP contribution in [0.2, 0.25) is 0 Å². The van der Waals surface area contributed by atoms with Crippen molar-refractivity contribution in [3.8, 4) is 0 Å². The number of halogens is 1. The maximum Gasteiger partial charge on any atom is 0.255 e. The molecule has 2 rings (SSSR count). The van der Waals surface area contributed by atoms with E-state index in [2.05, 4.69) is 10.3 Å². The van der Waals surface area contributed by atoms with Gasteiger partial charge in [0.05, 0.1) is 11.3 Å². The molecule has 0 aliphatic carbocycles. The van der Waals surface area contributed by atoms with E-state index in [1.807, 2.05) is 0 Å². The fourth-order valence-electron chi connectivity index (χ4n) is 1.76. The maximum atomic E-state index is 13.7.